The van der Waals surface area contributed by atoms with E-state index in [2.05, 4.69) is 15.8 Å². The first kappa shape index (κ1) is 45.0. The largest absolute Gasteiger partial charge is 0.507 e. The Bertz CT molecular complexity index is 2050. The van der Waals surface area contributed by atoms with Crippen molar-refractivity contribution in [1.29, 1.82) is 0 Å². The van der Waals surface area contributed by atoms with Crippen molar-refractivity contribution in [3.05, 3.63) is 52.8 Å². The zero-order valence-corrected chi connectivity index (χ0v) is 35.2. The molecule has 0 spiro atoms. The molecular formula is C44H59N3O12. The van der Waals surface area contributed by atoms with Crippen molar-refractivity contribution in [3.8, 4) is 23.0 Å². The van der Waals surface area contributed by atoms with Gasteiger partial charge in [0.25, 0.3) is 11.7 Å². The van der Waals surface area contributed by atoms with Crippen LogP contribution in [0.2, 0.25) is 0 Å². The number of aliphatic hydroxyl groups is 2. The van der Waals surface area contributed by atoms with Crippen molar-refractivity contribution in [3.63, 3.8) is 0 Å². The number of carbonyl (C=O) groups is 3. The standard InChI is InChI=1S/C44H59N3O12/c1-21-14-13-15-22(2)43(55)46-34-29(20-45-47-28-16-11-10-12-17-28)38(52)31-32(39(34)53)37(51)26(6)41-33(31)42(54)44(8,59-41)57-19-18-30(56-9)23(3)40(58-27(7)48)25(5)36(50)24(4)35(21)49/h13-15,18-21,23-25,28,30,35-36,40,47,49-53H,10-12,16-17H2,1-9H3,(H,46,55)/b14-13+,19-18+,22-15-,45-20-. The number of anilines is 1. The number of nitrogens with one attached hydrogen (secondary N) is 2. The van der Waals surface area contributed by atoms with Gasteiger partial charge in [0.15, 0.2) is 5.75 Å². The maximum absolute atomic E-state index is 14.4. The molecule has 1 saturated carbocycles. The molecule has 322 valence electrons. The fourth-order valence-corrected chi connectivity index (χ4v) is 8.31. The van der Waals surface area contributed by atoms with Crippen LogP contribution >= 0.6 is 0 Å². The molecule has 5 bridgehead atoms. The van der Waals surface area contributed by atoms with Crippen molar-refractivity contribution >= 4 is 40.3 Å². The van der Waals surface area contributed by atoms with Gasteiger partial charge in [-0.05, 0) is 32.8 Å². The van der Waals surface area contributed by atoms with E-state index in [0.717, 1.165) is 32.1 Å². The van der Waals surface area contributed by atoms with Crippen LogP contribution in [0.3, 0.4) is 0 Å². The summed E-state index contributed by atoms with van der Waals surface area (Å²) in [4.78, 5) is 40.5. The molecule has 0 aromatic heterocycles. The fraction of sp³-hybridized carbons (Fsp3) is 0.545. The fourth-order valence-electron chi connectivity index (χ4n) is 8.31. The maximum Gasteiger partial charge on any atom is 0.312 e. The van der Waals surface area contributed by atoms with E-state index in [9.17, 15) is 39.9 Å². The Morgan fingerprint density at radius 3 is 2.27 bits per heavy atom. The molecule has 1 aliphatic carbocycles. The first-order valence-electron chi connectivity index (χ1n) is 20.2. The zero-order valence-electron chi connectivity index (χ0n) is 35.2. The summed E-state index contributed by atoms with van der Waals surface area (Å²) in [5.41, 5.74) is 2.73. The number of nitrogens with zero attached hydrogens (tertiary/aromatic N) is 1. The summed E-state index contributed by atoms with van der Waals surface area (Å²) in [7, 11) is 1.44. The molecule has 6 rings (SSSR count). The van der Waals surface area contributed by atoms with Gasteiger partial charge in [-0.15, -0.1) is 0 Å². The van der Waals surface area contributed by atoms with Gasteiger partial charge in [0.05, 0.1) is 53.0 Å². The lowest BCUT2D eigenvalue weighted by atomic mass is 9.78. The van der Waals surface area contributed by atoms with Crippen molar-refractivity contribution in [2.24, 2.45) is 28.8 Å². The molecule has 0 radical (unpaired) electrons. The predicted octanol–water partition coefficient (Wildman–Crippen LogP) is 6.01. The van der Waals surface area contributed by atoms with E-state index in [1.807, 2.05) is 0 Å². The Morgan fingerprint density at radius 2 is 1.63 bits per heavy atom. The van der Waals surface area contributed by atoms with E-state index < -0.39 is 88.8 Å². The van der Waals surface area contributed by atoms with Gasteiger partial charge in [-0.2, -0.15) is 5.10 Å². The molecule has 7 N–H and O–H groups in total. The summed E-state index contributed by atoms with van der Waals surface area (Å²) in [5, 5.41) is 64.8. The molecule has 3 aliphatic heterocycles. The third kappa shape index (κ3) is 9.07. The second-order valence-electron chi connectivity index (χ2n) is 16.3. The van der Waals surface area contributed by atoms with Crippen LogP contribution in [0.4, 0.5) is 5.69 Å². The molecule has 59 heavy (non-hydrogen) atoms. The third-order valence-corrected chi connectivity index (χ3v) is 12.1. The minimum atomic E-state index is -2.04. The SMILES string of the molecule is COC1/C=C/OC2(C)Oc3c(C)c(O)c4c(O)c(c(/C=N\NC5CCCCC5)c(O)c4c3C2=O)NC(=O)/C(C)=C\C=C\C(C)C(O)C(C)C(O)C(C)C(OC(C)=O)C1C. The average Bonchev–Trinajstić information content (AvgIpc) is 3.47. The van der Waals surface area contributed by atoms with E-state index in [1.165, 1.54) is 59.4 Å². The van der Waals surface area contributed by atoms with Crippen molar-refractivity contribution in [2.45, 2.75) is 124 Å². The first-order valence-corrected chi connectivity index (χ1v) is 20.2. The van der Waals surface area contributed by atoms with E-state index in [1.54, 1.807) is 39.8 Å². The first-order chi connectivity index (χ1) is 27.8. The molecule has 15 heteroatoms. The molecule has 9 atom stereocenters. The van der Waals surface area contributed by atoms with Gasteiger partial charge >= 0.3 is 11.8 Å². The number of phenolic OH excluding ortho intramolecular Hbond substituents is 3. The van der Waals surface area contributed by atoms with E-state index >= 15 is 0 Å². The minimum Gasteiger partial charge on any atom is -0.507 e. The van der Waals surface area contributed by atoms with Crippen LogP contribution in [0.1, 0.15) is 102 Å². The molecule has 15 nitrogen and oxygen atoms in total. The molecule has 2 aromatic carbocycles. The highest BCUT2D eigenvalue weighted by molar-refractivity contribution is 6.23. The van der Waals surface area contributed by atoms with Gasteiger partial charge in [-0.25, -0.2) is 0 Å². The Labute approximate surface area is 344 Å². The summed E-state index contributed by atoms with van der Waals surface area (Å²) < 4.78 is 23.6. The number of aliphatic hydroxyl groups excluding tert-OH is 2. The van der Waals surface area contributed by atoms with Crippen molar-refractivity contribution in [2.75, 3.05) is 12.4 Å². The molecule has 0 saturated heterocycles. The monoisotopic (exact) mass is 821 g/mol. The summed E-state index contributed by atoms with van der Waals surface area (Å²) in [6, 6.07) is 0.0702. The number of methoxy groups -OCH3 is 1. The summed E-state index contributed by atoms with van der Waals surface area (Å²) in [5.74, 6) is -8.33. The number of hydrogen-bond acceptors (Lipinski definition) is 14. The molecule has 1 amide bonds. The Kier molecular flexibility index (Phi) is 14.0. The lowest BCUT2D eigenvalue weighted by molar-refractivity contribution is -0.160. The summed E-state index contributed by atoms with van der Waals surface area (Å²) in [6.07, 6.45) is 9.77. The molecular weight excluding hydrogens is 762 g/mol. The molecule has 4 aliphatic rings. The number of carbonyl (C=O) groups excluding carboxylic acids is 3. The number of rotatable bonds is 5. The Balaban J connectivity index is 1.69. The van der Waals surface area contributed by atoms with Crippen molar-refractivity contribution < 1.29 is 58.9 Å². The van der Waals surface area contributed by atoms with Crippen LogP contribution in [-0.4, -0.2) is 92.8 Å². The number of esters is 1. The van der Waals surface area contributed by atoms with Crippen LogP contribution in [0.5, 0.6) is 23.0 Å². The number of amides is 1. The van der Waals surface area contributed by atoms with E-state index in [-0.39, 0.29) is 50.5 Å². The highest BCUT2D eigenvalue weighted by Gasteiger charge is 2.50. The Morgan fingerprint density at radius 1 is 0.949 bits per heavy atom. The van der Waals surface area contributed by atoms with Gasteiger partial charge in [0, 0.05) is 67.2 Å². The van der Waals surface area contributed by atoms with Gasteiger partial charge in [-0.3, -0.25) is 14.4 Å². The number of ether oxygens (including phenoxy) is 4. The molecule has 9 unspecified atom stereocenters. The molecule has 1 fully saturated rings. The lowest BCUT2D eigenvalue weighted by Gasteiger charge is -2.38. The lowest BCUT2D eigenvalue weighted by Crippen LogP contribution is -2.46. The maximum atomic E-state index is 14.4. The topological polar surface area (TPSA) is 226 Å². The van der Waals surface area contributed by atoms with Crippen LogP contribution in [-0.2, 0) is 23.8 Å². The Hall–Kier alpha value is -5.12. The number of phenols is 3. The average molecular weight is 822 g/mol. The number of hydrogen-bond donors (Lipinski definition) is 7. The van der Waals surface area contributed by atoms with Gasteiger partial charge < -0.3 is 55.2 Å². The van der Waals surface area contributed by atoms with Gasteiger partial charge in [-0.1, -0.05) is 65.2 Å². The number of allylic oxidation sites excluding steroid dienone is 2. The number of aromatic hydroxyl groups is 3. The number of Topliss-reactive ketones (excluding diaryl/α,β-unsaturated/α-hetero) is 1. The highest BCUT2D eigenvalue weighted by atomic mass is 16.7. The summed E-state index contributed by atoms with van der Waals surface area (Å²) in [6.45, 7) is 12.5. The second-order valence-corrected chi connectivity index (χ2v) is 16.3. The number of hydrazone groups is 1. The van der Waals surface area contributed by atoms with Crippen LogP contribution in [0.25, 0.3) is 10.8 Å². The van der Waals surface area contributed by atoms with Gasteiger partial charge in [0.2, 0.25) is 0 Å². The molecule has 3 heterocycles. The van der Waals surface area contributed by atoms with Gasteiger partial charge in [0.1, 0.15) is 23.4 Å². The van der Waals surface area contributed by atoms with Crippen LogP contribution in [0, 0.1) is 30.6 Å². The summed E-state index contributed by atoms with van der Waals surface area (Å²) >= 11 is 0. The van der Waals surface area contributed by atoms with Crippen LogP contribution < -0.4 is 15.5 Å². The smallest absolute Gasteiger partial charge is 0.312 e. The van der Waals surface area contributed by atoms with Crippen molar-refractivity contribution in [1.82, 2.24) is 5.43 Å². The number of ketones is 1. The van der Waals surface area contributed by atoms with Crippen LogP contribution in [0.15, 0.2) is 41.2 Å². The minimum absolute atomic E-state index is 0.0574. The van der Waals surface area contributed by atoms with E-state index in [4.69, 9.17) is 18.9 Å². The normalized spacial score (nSPS) is 31.9. The second kappa shape index (κ2) is 18.4. The zero-order chi connectivity index (χ0) is 43.5. The predicted molar refractivity (Wildman–Crippen MR) is 221 cm³/mol. The number of fused-ring (bicyclic) bond motifs is 14. The highest BCUT2D eigenvalue weighted by Crippen LogP contribution is 2.55. The number of benzene rings is 2. The quantitative estimate of drug-likeness (QED) is 0.0604. The third-order valence-electron chi connectivity index (χ3n) is 12.1. The van der Waals surface area contributed by atoms with E-state index in [0.29, 0.717) is 0 Å². The molecule has 2 aromatic rings.